The second-order valence-electron chi connectivity index (χ2n) is 4.77. The minimum Gasteiger partial charge on any atom is -0.508 e. The molecule has 3 N–H and O–H groups in total. The first-order valence-corrected chi connectivity index (χ1v) is 6.41. The first-order valence-electron chi connectivity index (χ1n) is 6.41. The molecule has 0 spiro atoms. The SMILES string of the molecule is CC(c1ccccc1)N(C)C(=O)c1cc(O)ccc1N. The topological polar surface area (TPSA) is 66.6 Å². The summed E-state index contributed by atoms with van der Waals surface area (Å²) >= 11 is 0. The van der Waals surface area contributed by atoms with Crippen molar-refractivity contribution in [1.82, 2.24) is 4.90 Å². The molecule has 0 bridgehead atoms. The number of carbonyl (C=O) groups excluding carboxylic acids is 1. The Bertz CT molecular complexity index is 611. The van der Waals surface area contributed by atoms with E-state index in [9.17, 15) is 9.90 Å². The van der Waals surface area contributed by atoms with Crippen LogP contribution in [0.5, 0.6) is 5.75 Å². The molecular weight excluding hydrogens is 252 g/mol. The molecule has 0 aliphatic carbocycles. The first kappa shape index (κ1) is 13.9. The number of benzene rings is 2. The first-order chi connectivity index (χ1) is 9.50. The highest BCUT2D eigenvalue weighted by molar-refractivity contribution is 5.99. The predicted octanol–water partition coefficient (Wildman–Crippen LogP) is 2.81. The Morgan fingerprint density at radius 1 is 1.20 bits per heavy atom. The Morgan fingerprint density at radius 2 is 1.85 bits per heavy atom. The van der Waals surface area contributed by atoms with Crippen LogP contribution < -0.4 is 5.73 Å². The summed E-state index contributed by atoms with van der Waals surface area (Å²) in [5.41, 5.74) is 7.53. The van der Waals surface area contributed by atoms with Crippen molar-refractivity contribution < 1.29 is 9.90 Å². The number of anilines is 1. The van der Waals surface area contributed by atoms with Gasteiger partial charge < -0.3 is 15.7 Å². The largest absolute Gasteiger partial charge is 0.508 e. The standard InChI is InChI=1S/C16H18N2O2/c1-11(12-6-4-3-5-7-12)18(2)16(20)14-10-13(19)8-9-15(14)17/h3-11,19H,17H2,1-2H3. The van der Waals surface area contributed by atoms with Gasteiger partial charge in [-0.15, -0.1) is 0 Å². The van der Waals surface area contributed by atoms with Gasteiger partial charge in [0, 0.05) is 12.7 Å². The summed E-state index contributed by atoms with van der Waals surface area (Å²) in [6.07, 6.45) is 0. The number of aromatic hydroxyl groups is 1. The normalized spacial score (nSPS) is 11.9. The molecule has 1 amide bonds. The Balaban J connectivity index is 2.27. The average Bonchev–Trinajstić information content (AvgIpc) is 2.48. The van der Waals surface area contributed by atoms with Gasteiger partial charge >= 0.3 is 0 Å². The van der Waals surface area contributed by atoms with Crippen LogP contribution in [0.1, 0.15) is 28.9 Å². The molecule has 4 nitrogen and oxygen atoms in total. The second kappa shape index (κ2) is 5.65. The highest BCUT2D eigenvalue weighted by Gasteiger charge is 2.20. The summed E-state index contributed by atoms with van der Waals surface area (Å²) in [5, 5.41) is 9.50. The van der Waals surface area contributed by atoms with Crippen molar-refractivity contribution in [2.75, 3.05) is 12.8 Å². The van der Waals surface area contributed by atoms with Crippen molar-refractivity contribution in [2.45, 2.75) is 13.0 Å². The van der Waals surface area contributed by atoms with E-state index in [1.165, 1.54) is 18.2 Å². The average molecular weight is 270 g/mol. The van der Waals surface area contributed by atoms with E-state index in [-0.39, 0.29) is 17.7 Å². The highest BCUT2D eigenvalue weighted by Crippen LogP contribution is 2.24. The van der Waals surface area contributed by atoms with Gasteiger partial charge in [-0.3, -0.25) is 4.79 Å². The van der Waals surface area contributed by atoms with Crippen molar-refractivity contribution in [2.24, 2.45) is 0 Å². The number of carbonyl (C=O) groups is 1. The smallest absolute Gasteiger partial charge is 0.256 e. The van der Waals surface area contributed by atoms with Gasteiger partial charge in [0.05, 0.1) is 11.6 Å². The van der Waals surface area contributed by atoms with E-state index in [0.29, 0.717) is 11.3 Å². The summed E-state index contributed by atoms with van der Waals surface area (Å²) < 4.78 is 0. The molecular formula is C16H18N2O2. The Labute approximate surface area is 118 Å². The zero-order valence-corrected chi connectivity index (χ0v) is 11.6. The minimum absolute atomic E-state index is 0.0308. The summed E-state index contributed by atoms with van der Waals surface area (Å²) in [6, 6.07) is 14.1. The lowest BCUT2D eigenvalue weighted by Crippen LogP contribution is -2.30. The van der Waals surface area contributed by atoms with Crippen molar-refractivity contribution >= 4 is 11.6 Å². The van der Waals surface area contributed by atoms with E-state index in [0.717, 1.165) is 5.56 Å². The Hall–Kier alpha value is -2.49. The number of phenolic OH excluding ortho intramolecular Hbond substituents is 1. The molecule has 2 aromatic carbocycles. The maximum atomic E-state index is 12.5. The Morgan fingerprint density at radius 3 is 2.50 bits per heavy atom. The number of nitrogen functional groups attached to an aromatic ring is 1. The third-order valence-corrected chi connectivity index (χ3v) is 3.45. The van der Waals surface area contributed by atoms with Crippen LogP contribution in [0.25, 0.3) is 0 Å². The van der Waals surface area contributed by atoms with Gasteiger partial charge in [0.2, 0.25) is 0 Å². The lowest BCUT2D eigenvalue weighted by molar-refractivity contribution is 0.0743. The van der Waals surface area contributed by atoms with Crippen LogP contribution in [0.15, 0.2) is 48.5 Å². The van der Waals surface area contributed by atoms with Crippen LogP contribution in [0.3, 0.4) is 0 Å². The van der Waals surface area contributed by atoms with Gasteiger partial charge in [-0.25, -0.2) is 0 Å². The maximum Gasteiger partial charge on any atom is 0.256 e. The van der Waals surface area contributed by atoms with Gasteiger partial charge in [0.25, 0.3) is 5.91 Å². The molecule has 20 heavy (non-hydrogen) atoms. The number of hydrogen-bond acceptors (Lipinski definition) is 3. The minimum atomic E-state index is -0.213. The lowest BCUT2D eigenvalue weighted by Gasteiger charge is -2.26. The van der Waals surface area contributed by atoms with E-state index < -0.39 is 0 Å². The van der Waals surface area contributed by atoms with Gasteiger partial charge in [-0.2, -0.15) is 0 Å². The third kappa shape index (κ3) is 2.74. The molecule has 4 heteroatoms. The number of nitrogens with two attached hydrogens (primary N) is 1. The highest BCUT2D eigenvalue weighted by atomic mass is 16.3. The summed E-state index contributed by atoms with van der Waals surface area (Å²) in [7, 11) is 1.73. The maximum absolute atomic E-state index is 12.5. The fraction of sp³-hybridized carbons (Fsp3) is 0.188. The molecule has 0 aliphatic rings. The zero-order valence-electron chi connectivity index (χ0n) is 11.6. The van der Waals surface area contributed by atoms with E-state index in [2.05, 4.69) is 0 Å². The molecule has 0 radical (unpaired) electrons. The van der Waals surface area contributed by atoms with Crippen LogP contribution in [0.2, 0.25) is 0 Å². The molecule has 0 heterocycles. The van der Waals surface area contributed by atoms with Crippen molar-refractivity contribution in [1.29, 1.82) is 0 Å². The monoisotopic (exact) mass is 270 g/mol. The lowest BCUT2D eigenvalue weighted by atomic mass is 10.1. The zero-order chi connectivity index (χ0) is 14.7. The summed E-state index contributed by atoms with van der Waals surface area (Å²) in [6.45, 7) is 1.95. The molecule has 2 aromatic rings. The van der Waals surface area contributed by atoms with Crippen LogP contribution in [-0.4, -0.2) is 23.0 Å². The predicted molar refractivity (Wildman–Crippen MR) is 79.5 cm³/mol. The number of hydrogen-bond donors (Lipinski definition) is 2. The number of nitrogens with zero attached hydrogens (tertiary/aromatic N) is 1. The van der Waals surface area contributed by atoms with E-state index in [1.807, 2.05) is 37.3 Å². The third-order valence-electron chi connectivity index (χ3n) is 3.45. The van der Waals surface area contributed by atoms with E-state index in [4.69, 9.17) is 5.73 Å². The van der Waals surface area contributed by atoms with Crippen molar-refractivity contribution in [3.05, 3.63) is 59.7 Å². The molecule has 1 atom stereocenters. The molecule has 0 aliphatic heterocycles. The summed E-state index contributed by atoms with van der Waals surface area (Å²) in [5.74, 6) is -0.182. The fourth-order valence-corrected chi connectivity index (χ4v) is 2.05. The molecule has 2 rings (SSSR count). The molecule has 0 fully saturated rings. The molecule has 0 saturated carbocycles. The fourth-order valence-electron chi connectivity index (χ4n) is 2.05. The van der Waals surface area contributed by atoms with Crippen molar-refractivity contribution in [3.63, 3.8) is 0 Å². The van der Waals surface area contributed by atoms with E-state index in [1.54, 1.807) is 11.9 Å². The number of rotatable bonds is 3. The molecule has 0 aromatic heterocycles. The Kier molecular flexibility index (Phi) is 3.94. The van der Waals surface area contributed by atoms with Crippen LogP contribution in [-0.2, 0) is 0 Å². The quantitative estimate of drug-likeness (QED) is 0.665. The van der Waals surface area contributed by atoms with Crippen molar-refractivity contribution in [3.8, 4) is 5.75 Å². The van der Waals surface area contributed by atoms with Gasteiger partial charge in [0.15, 0.2) is 0 Å². The van der Waals surface area contributed by atoms with Gasteiger partial charge in [-0.05, 0) is 30.7 Å². The van der Waals surface area contributed by atoms with Gasteiger partial charge in [-0.1, -0.05) is 30.3 Å². The van der Waals surface area contributed by atoms with Crippen LogP contribution in [0, 0.1) is 0 Å². The second-order valence-corrected chi connectivity index (χ2v) is 4.77. The molecule has 1 unspecified atom stereocenters. The van der Waals surface area contributed by atoms with Crippen LogP contribution in [0.4, 0.5) is 5.69 Å². The number of phenols is 1. The number of amides is 1. The van der Waals surface area contributed by atoms with Crippen LogP contribution >= 0.6 is 0 Å². The van der Waals surface area contributed by atoms with E-state index >= 15 is 0 Å². The summed E-state index contributed by atoms with van der Waals surface area (Å²) in [4.78, 5) is 14.1. The molecule has 0 saturated heterocycles. The molecule has 104 valence electrons. The van der Waals surface area contributed by atoms with Gasteiger partial charge in [0.1, 0.15) is 5.75 Å².